The van der Waals surface area contributed by atoms with E-state index in [1.807, 2.05) is 30.3 Å². The summed E-state index contributed by atoms with van der Waals surface area (Å²) in [6.07, 6.45) is 1.18. The van der Waals surface area contributed by atoms with Crippen LogP contribution in [0.5, 0.6) is 0 Å². The molecule has 1 aromatic rings. The van der Waals surface area contributed by atoms with E-state index in [0.717, 1.165) is 44.2 Å². The predicted molar refractivity (Wildman–Crippen MR) is 118 cm³/mol. The van der Waals surface area contributed by atoms with Gasteiger partial charge < -0.3 is 20.6 Å². The van der Waals surface area contributed by atoms with Gasteiger partial charge in [0.25, 0.3) is 0 Å². The highest BCUT2D eigenvalue weighted by molar-refractivity contribution is 14.0. The maximum absolute atomic E-state index is 9.65. The Morgan fingerprint density at radius 2 is 1.84 bits per heavy atom. The van der Waals surface area contributed by atoms with Gasteiger partial charge in [0.15, 0.2) is 5.96 Å². The molecule has 0 spiro atoms. The number of hydrogen-bond acceptors (Lipinski definition) is 3. The average Bonchev–Trinajstić information content (AvgIpc) is 2.62. The van der Waals surface area contributed by atoms with Gasteiger partial charge >= 0.3 is 0 Å². The van der Waals surface area contributed by atoms with Crippen LogP contribution in [0.3, 0.4) is 0 Å². The summed E-state index contributed by atoms with van der Waals surface area (Å²) in [6.45, 7) is 12.1. The van der Waals surface area contributed by atoms with E-state index < -0.39 is 0 Å². The quantitative estimate of drug-likeness (QED) is 0.269. The molecular formula is C19H35IN4O. The first kappa shape index (κ1) is 24.1. The first-order valence-corrected chi connectivity index (χ1v) is 9.15. The molecule has 0 fully saturated rings. The highest BCUT2D eigenvalue weighted by Gasteiger charge is 2.10. The van der Waals surface area contributed by atoms with E-state index in [1.54, 1.807) is 0 Å². The minimum Gasteiger partial charge on any atom is -0.396 e. The summed E-state index contributed by atoms with van der Waals surface area (Å²) < 4.78 is 0. The molecule has 1 unspecified atom stereocenters. The van der Waals surface area contributed by atoms with Crippen molar-refractivity contribution in [3.05, 3.63) is 35.9 Å². The highest BCUT2D eigenvalue weighted by atomic mass is 127. The number of aliphatic hydroxyl groups excluding tert-OH is 1. The molecule has 1 aromatic carbocycles. The SMILES string of the molecule is CCCN(CC)CCNC(=NCC(CO)c1ccccc1)NCC.I. The second kappa shape index (κ2) is 15.4. The lowest BCUT2D eigenvalue weighted by Gasteiger charge is -2.21. The Balaban J connectivity index is 0.00000576. The summed E-state index contributed by atoms with van der Waals surface area (Å²) in [5.41, 5.74) is 1.12. The van der Waals surface area contributed by atoms with Crippen molar-refractivity contribution in [2.45, 2.75) is 33.1 Å². The van der Waals surface area contributed by atoms with E-state index in [0.29, 0.717) is 6.54 Å². The molecule has 0 saturated heterocycles. The van der Waals surface area contributed by atoms with Gasteiger partial charge in [-0.25, -0.2) is 0 Å². The van der Waals surface area contributed by atoms with E-state index >= 15 is 0 Å². The number of nitrogens with zero attached hydrogens (tertiary/aromatic N) is 2. The standard InChI is InChI=1S/C19H34N4O.HI/c1-4-13-23(6-3)14-12-21-19(20-5-2)22-15-18(16-24)17-10-8-7-9-11-17;/h7-11,18,24H,4-6,12-16H2,1-3H3,(H2,20,21,22);1H. The maximum atomic E-state index is 9.65. The molecule has 5 nitrogen and oxygen atoms in total. The fourth-order valence-electron chi connectivity index (χ4n) is 2.61. The van der Waals surface area contributed by atoms with Crippen molar-refractivity contribution < 1.29 is 5.11 Å². The van der Waals surface area contributed by atoms with Gasteiger partial charge in [-0.05, 0) is 32.0 Å². The van der Waals surface area contributed by atoms with Gasteiger partial charge in [0.05, 0.1) is 13.2 Å². The second-order valence-corrected chi connectivity index (χ2v) is 5.87. The third-order valence-corrected chi connectivity index (χ3v) is 4.01. The summed E-state index contributed by atoms with van der Waals surface area (Å²) in [7, 11) is 0. The molecular weight excluding hydrogens is 427 g/mol. The van der Waals surface area contributed by atoms with Crippen molar-refractivity contribution in [1.82, 2.24) is 15.5 Å². The number of nitrogens with one attached hydrogen (secondary N) is 2. The van der Waals surface area contributed by atoms with Crippen molar-refractivity contribution in [3.8, 4) is 0 Å². The van der Waals surface area contributed by atoms with E-state index in [2.05, 4.69) is 41.3 Å². The van der Waals surface area contributed by atoms with Crippen molar-refractivity contribution in [1.29, 1.82) is 0 Å². The van der Waals surface area contributed by atoms with Crippen LogP contribution in [0.2, 0.25) is 0 Å². The van der Waals surface area contributed by atoms with Gasteiger partial charge in [0, 0.05) is 25.6 Å². The van der Waals surface area contributed by atoms with Crippen molar-refractivity contribution >= 4 is 29.9 Å². The van der Waals surface area contributed by atoms with E-state index in [4.69, 9.17) is 0 Å². The van der Waals surface area contributed by atoms with E-state index in [-0.39, 0.29) is 36.5 Å². The average molecular weight is 462 g/mol. The monoisotopic (exact) mass is 462 g/mol. The van der Waals surface area contributed by atoms with Crippen LogP contribution in [0, 0.1) is 0 Å². The van der Waals surface area contributed by atoms with Crippen LogP contribution in [0.15, 0.2) is 35.3 Å². The molecule has 3 N–H and O–H groups in total. The largest absolute Gasteiger partial charge is 0.396 e. The molecule has 0 aliphatic rings. The summed E-state index contributed by atoms with van der Waals surface area (Å²) in [6, 6.07) is 10.1. The zero-order valence-electron chi connectivity index (χ0n) is 15.9. The molecule has 25 heavy (non-hydrogen) atoms. The fourth-order valence-corrected chi connectivity index (χ4v) is 2.61. The smallest absolute Gasteiger partial charge is 0.191 e. The van der Waals surface area contributed by atoms with Crippen molar-refractivity contribution in [3.63, 3.8) is 0 Å². The van der Waals surface area contributed by atoms with Crippen LogP contribution < -0.4 is 10.6 Å². The first-order chi connectivity index (χ1) is 11.7. The van der Waals surface area contributed by atoms with Gasteiger partial charge in [0.1, 0.15) is 0 Å². The zero-order chi connectivity index (χ0) is 17.6. The third kappa shape index (κ3) is 10.0. The summed E-state index contributed by atoms with van der Waals surface area (Å²) in [5, 5.41) is 16.3. The Morgan fingerprint density at radius 1 is 1.12 bits per heavy atom. The van der Waals surface area contributed by atoms with Crippen LogP contribution in [-0.2, 0) is 0 Å². The van der Waals surface area contributed by atoms with Crippen LogP contribution in [0.4, 0.5) is 0 Å². The van der Waals surface area contributed by atoms with E-state index in [9.17, 15) is 5.11 Å². The van der Waals surface area contributed by atoms with Crippen LogP contribution >= 0.6 is 24.0 Å². The zero-order valence-corrected chi connectivity index (χ0v) is 18.2. The van der Waals surface area contributed by atoms with Crippen molar-refractivity contribution in [2.75, 3.05) is 45.9 Å². The minimum absolute atomic E-state index is 0. The van der Waals surface area contributed by atoms with Gasteiger partial charge in [-0.1, -0.05) is 44.2 Å². The Morgan fingerprint density at radius 3 is 2.40 bits per heavy atom. The molecule has 0 amide bonds. The van der Waals surface area contributed by atoms with Crippen molar-refractivity contribution in [2.24, 2.45) is 4.99 Å². The molecule has 0 aliphatic carbocycles. The number of aliphatic hydroxyl groups is 1. The lowest BCUT2D eigenvalue weighted by atomic mass is 10.0. The Labute approximate surface area is 170 Å². The number of aliphatic imine (C=N–C) groups is 1. The molecule has 0 saturated carbocycles. The predicted octanol–water partition coefficient (Wildman–Crippen LogP) is 2.67. The Kier molecular flexibility index (Phi) is 14.9. The highest BCUT2D eigenvalue weighted by Crippen LogP contribution is 2.14. The lowest BCUT2D eigenvalue weighted by molar-refractivity contribution is 0.268. The Hall–Kier alpha value is -0.860. The molecule has 144 valence electrons. The molecule has 0 radical (unpaired) electrons. The summed E-state index contributed by atoms with van der Waals surface area (Å²) >= 11 is 0. The number of halogens is 1. The summed E-state index contributed by atoms with van der Waals surface area (Å²) in [5.74, 6) is 0.855. The fraction of sp³-hybridized carbons (Fsp3) is 0.632. The minimum atomic E-state index is 0. The van der Waals surface area contributed by atoms with Gasteiger partial charge in [0.2, 0.25) is 0 Å². The molecule has 6 heteroatoms. The molecule has 1 rings (SSSR count). The summed E-state index contributed by atoms with van der Waals surface area (Å²) in [4.78, 5) is 7.07. The number of benzene rings is 1. The van der Waals surface area contributed by atoms with Gasteiger partial charge in [-0.15, -0.1) is 24.0 Å². The number of likely N-dealkylation sites (N-methyl/N-ethyl adjacent to an activating group) is 1. The van der Waals surface area contributed by atoms with Gasteiger partial charge in [-0.3, -0.25) is 4.99 Å². The molecule has 0 heterocycles. The van der Waals surface area contributed by atoms with E-state index in [1.165, 1.54) is 6.42 Å². The Bertz CT molecular complexity index is 456. The van der Waals surface area contributed by atoms with Crippen LogP contribution in [0.25, 0.3) is 0 Å². The maximum Gasteiger partial charge on any atom is 0.191 e. The topological polar surface area (TPSA) is 59.9 Å². The normalized spacial score (nSPS) is 12.6. The molecule has 1 atom stereocenters. The van der Waals surface area contributed by atoms with Crippen LogP contribution in [-0.4, -0.2) is 61.8 Å². The third-order valence-electron chi connectivity index (χ3n) is 4.01. The van der Waals surface area contributed by atoms with Gasteiger partial charge in [-0.2, -0.15) is 0 Å². The molecule has 0 aliphatic heterocycles. The number of guanidine groups is 1. The first-order valence-electron chi connectivity index (χ1n) is 9.15. The molecule has 0 aromatic heterocycles. The molecule has 0 bridgehead atoms. The number of rotatable bonds is 11. The lowest BCUT2D eigenvalue weighted by Crippen LogP contribution is -2.42. The number of hydrogen-bond donors (Lipinski definition) is 3. The second-order valence-electron chi connectivity index (χ2n) is 5.87. The van der Waals surface area contributed by atoms with Crippen LogP contribution in [0.1, 0.15) is 38.7 Å².